The highest BCUT2D eigenvalue weighted by atomic mass is 35.7. The van der Waals surface area contributed by atoms with Gasteiger partial charge in [0, 0.05) is 29.9 Å². The van der Waals surface area contributed by atoms with Crippen LogP contribution in [0.3, 0.4) is 0 Å². The molecule has 0 amide bonds. The number of hydrogen-bond acceptors (Lipinski definition) is 5. The lowest BCUT2D eigenvalue weighted by molar-refractivity contribution is -0.385. The molecule has 1 aromatic carbocycles. The van der Waals surface area contributed by atoms with Gasteiger partial charge in [-0.25, -0.2) is 8.42 Å². The molecule has 0 saturated carbocycles. The van der Waals surface area contributed by atoms with E-state index in [9.17, 15) is 18.5 Å². The van der Waals surface area contributed by atoms with Gasteiger partial charge >= 0.3 is 0 Å². The summed E-state index contributed by atoms with van der Waals surface area (Å²) in [6, 6.07) is 3.39. The van der Waals surface area contributed by atoms with Gasteiger partial charge in [-0.2, -0.15) is 0 Å². The number of non-ortho nitro benzene ring substituents is 1. The maximum atomic E-state index is 11.1. The fraction of sp³-hybridized carbons (Fsp3) is 0.143. The molecule has 0 heterocycles. The summed E-state index contributed by atoms with van der Waals surface area (Å²) >= 11 is 0. The average Bonchev–Trinajstić information content (AvgIpc) is 2.15. The third-order valence-electron chi connectivity index (χ3n) is 1.71. The molecule has 6 nitrogen and oxygen atoms in total. The van der Waals surface area contributed by atoms with Crippen molar-refractivity contribution in [2.75, 3.05) is 12.4 Å². The number of anilines is 1. The summed E-state index contributed by atoms with van der Waals surface area (Å²) in [4.78, 5) is 9.43. The Labute approximate surface area is 90.4 Å². The quantitative estimate of drug-likeness (QED) is 0.500. The first-order valence-electron chi connectivity index (χ1n) is 3.77. The van der Waals surface area contributed by atoms with E-state index in [-0.39, 0.29) is 16.3 Å². The summed E-state index contributed by atoms with van der Waals surface area (Å²) in [7, 11) is 2.63. The zero-order chi connectivity index (χ0) is 11.6. The van der Waals surface area contributed by atoms with Crippen molar-refractivity contribution in [3.63, 3.8) is 0 Å². The Hall–Kier alpha value is -1.34. The van der Waals surface area contributed by atoms with Crippen LogP contribution in [0, 0.1) is 10.1 Å². The zero-order valence-electron chi connectivity index (χ0n) is 7.60. The lowest BCUT2D eigenvalue weighted by atomic mass is 10.3. The molecule has 0 aliphatic carbocycles. The van der Waals surface area contributed by atoms with Gasteiger partial charge in [-0.05, 0) is 6.07 Å². The number of benzene rings is 1. The number of nitrogens with zero attached hydrogens (tertiary/aromatic N) is 1. The van der Waals surface area contributed by atoms with Gasteiger partial charge in [-0.1, -0.05) is 0 Å². The Morgan fingerprint density at radius 1 is 1.47 bits per heavy atom. The molecule has 8 heteroatoms. The number of nitro groups is 1. The van der Waals surface area contributed by atoms with Crippen LogP contribution < -0.4 is 5.32 Å². The highest BCUT2D eigenvalue weighted by Gasteiger charge is 2.19. The van der Waals surface area contributed by atoms with Crippen LogP contribution in [-0.4, -0.2) is 20.4 Å². The molecule has 82 valence electrons. The summed E-state index contributed by atoms with van der Waals surface area (Å²) in [5, 5.41) is 13.0. The number of nitro benzene ring substituents is 1. The first-order chi connectivity index (χ1) is 6.86. The van der Waals surface area contributed by atoms with Gasteiger partial charge in [0.15, 0.2) is 0 Å². The third kappa shape index (κ3) is 2.57. The van der Waals surface area contributed by atoms with E-state index in [0.717, 1.165) is 6.07 Å². The smallest absolute Gasteiger partial charge is 0.270 e. The molecule has 0 saturated heterocycles. The molecule has 0 atom stereocenters. The molecule has 0 unspecified atom stereocenters. The SMILES string of the molecule is CNc1ccc([N+](=O)[O-])cc1S(=O)(=O)Cl. The van der Waals surface area contributed by atoms with Gasteiger partial charge in [0.25, 0.3) is 14.7 Å². The average molecular weight is 251 g/mol. The summed E-state index contributed by atoms with van der Waals surface area (Å²) < 4.78 is 22.2. The van der Waals surface area contributed by atoms with E-state index in [1.54, 1.807) is 0 Å². The largest absolute Gasteiger partial charge is 0.387 e. The van der Waals surface area contributed by atoms with E-state index in [1.165, 1.54) is 19.2 Å². The minimum atomic E-state index is -4.00. The van der Waals surface area contributed by atoms with Crippen molar-refractivity contribution in [2.45, 2.75) is 4.90 Å². The zero-order valence-corrected chi connectivity index (χ0v) is 9.17. The van der Waals surface area contributed by atoms with Crippen molar-refractivity contribution in [1.82, 2.24) is 0 Å². The second-order valence-electron chi connectivity index (χ2n) is 2.63. The normalized spacial score (nSPS) is 11.1. The molecule has 0 bridgehead atoms. The molecule has 1 aromatic rings. The van der Waals surface area contributed by atoms with Crippen molar-refractivity contribution in [2.24, 2.45) is 0 Å². The fourth-order valence-corrected chi connectivity index (χ4v) is 2.11. The summed E-state index contributed by atoms with van der Waals surface area (Å²) in [5.74, 6) is 0. The number of halogens is 1. The van der Waals surface area contributed by atoms with E-state index < -0.39 is 14.0 Å². The van der Waals surface area contributed by atoms with Crippen LogP contribution in [0.5, 0.6) is 0 Å². The number of hydrogen-bond donors (Lipinski definition) is 1. The predicted molar refractivity (Wildman–Crippen MR) is 55.7 cm³/mol. The van der Waals surface area contributed by atoms with Crippen LogP contribution in [0.15, 0.2) is 23.1 Å². The van der Waals surface area contributed by atoms with Crippen molar-refractivity contribution in [3.05, 3.63) is 28.3 Å². The van der Waals surface area contributed by atoms with Gasteiger partial charge in [0.2, 0.25) is 0 Å². The lowest BCUT2D eigenvalue weighted by Gasteiger charge is -2.04. The molecule has 0 aliphatic rings. The van der Waals surface area contributed by atoms with E-state index in [0.29, 0.717) is 0 Å². The Morgan fingerprint density at radius 3 is 2.47 bits per heavy atom. The van der Waals surface area contributed by atoms with Crippen LogP contribution in [-0.2, 0) is 9.05 Å². The molecular formula is C7H7ClN2O4S. The molecule has 0 aromatic heterocycles. The third-order valence-corrected chi connectivity index (χ3v) is 3.07. The molecule has 0 aliphatic heterocycles. The van der Waals surface area contributed by atoms with Gasteiger partial charge in [0.1, 0.15) is 4.90 Å². The van der Waals surface area contributed by atoms with Crippen LogP contribution >= 0.6 is 10.7 Å². The minimum Gasteiger partial charge on any atom is -0.387 e. The van der Waals surface area contributed by atoms with E-state index in [1.807, 2.05) is 0 Å². The molecule has 15 heavy (non-hydrogen) atoms. The second kappa shape index (κ2) is 4.03. The Balaban J connectivity index is 3.46. The van der Waals surface area contributed by atoms with E-state index >= 15 is 0 Å². The fourth-order valence-electron chi connectivity index (χ4n) is 1.03. The molecular weight excluding hydrogens is 244 g/mol. The standard InChI is InChI=1S/C7H7ClN2O4S/c1-9-6-3-2-5(10(11)12)4-7(6)15(8,13)14/h2-4,9H,1H3. The van der Waals surface area contributed by atoms with Crippen molar-refractivity contribution in [3.8, 4) is 0 Å². The summed E-state index contributed by atoms with van der Waals surface area (Å²) in [5.41, 5.74) is -0.108. The number of nitrogens with one attached hydrogen (secondary N) is 1. The van der Waals surface area contributed by atoms with Crippen LogP contribution in [0.1, 0.15) is 0 Å². The second-order valence-corrected chi connectivity index (χ2v) is 5.16. The maximum Gasteiger partial charge on any atom is 0.270 e. The molecule has 0 fully saturated rings. The highest BCUT2D eigenvalue weighted by molar-refractivity contribution is 8.13. The first kappa shape index (κ1) is 11.7. The monoisotopic (exact) mass is 250 g/mol. The molecule has 0 spiro atoms. The maximum absolute atomic E-state index is 11.1. The molecule has 0 radical (unpaired) electrons. The Morgan fingerprint density at radius 2 is 2.07 bits per heavy atom. The van der Waals surface area contributed by atoms with Gasteiger partial charge < -0.3 is 5.32 Å². The minimum absolute atomic E-state index is 0.218. The van der Waals surface area contributed by atoms with E-state index in [2.05, 4.69) is 5.32 Å². The van der Waals surface area contributed by atoms with Crippen LogP contribution in [0.25, 0.3) is 0 Å². The Kier molecular flexibility index (Phi) is 3.15. The molecule has 1 N–H and O–H groups in total. The molecule has 1 rings (SSSR count). The van der Waals surface area contributed by atoms with Crippen LogP contribution in [0.4, 0.5) is 11.4 Å². The number of rotatable bonds is 3. The van der Waals surface area contributed by atoms with Crippen molar-refractivity contribution >= 4 is 31.1 Å². The highest BCUT2D eigenvalue weighted by Crippen LogP contribution is 2.28. The van der Waals surface area contributed by atoms with E-state index in [4.69, 9.17) is 10.7 Å². The van der Waals surface area contributed by atoms with Crippen LogP contribution in [0.2, 0.25) is 0 Å². The van der Waals surface area contributed by atoms with Gasteiger partial charge in [0.05, 0.1) is 10.6 Å². The van der Waals surface area contributed by atoms with Crippen molar-refractivity contribution in [1.29, 1.82) is 0 Å². The summed E-state index contributed by atoms with van der Waals surface area (Å²) in [6.45, 7) is 0. The predicted octanol–water partition coefficient (Wildman–Crippen LogP) is 1.56. The summed E-state index contributed by atoms with van der Waals surface area (Å²) in [6.07, 6.45) is 0. The lowest BCUT2D eigenvalue weighted by Crippen LogP contribution is -2.00. The van der Waals surface area contributed by atoms with Crippen molar-refractivity contribution < 1.29 is 13.3 Å². The first-order valence-corrected chi connectivity index (χ1v) is 6.08. The topological polar surface area (TPSA) is 89.3 Å². The van der Waals surface area contributed by atoms with Gasteiger partial charge in [-0.3, -0.25) is 10.1 Å². The Bertz CT molecular complexity index is 500. The van der Waals surface area contributed by atoms with Gasteiger partial charge in [-0.15, -0.1) is 0 Å².